The lowest BCUT2D eigenvalue weighted by molar-refractivity contribution is 1.28. The Hall–Kier alpha value is -1.23. The van der Waals surface area contributed by atoms with Crippen molar-refractivity contribution >= 4 is 12.7 Å². The molecule has 0 aliphatic carbocycles. The molecule has 2 heteroatoms. The summed E-state index contributed by atoms with van der Waals surface area (Å²) in [7, 11) is 1.01. The highest BCUT2D eigenvalue weighted by Crippen LogP contribution is 1.95. The summed E-state index contributed by atoms with van der Waals surface area (Å²) in [6.45, 7) is 2.11. The van der Waals surface area contributed by atoms with Crippen LogP contribution in [0.25, 0.3) is 0 Å². The molecule has 1 aromatic carbocycles. The molecule has 0 aromatic heterocycles. The second-order valence-electron chi connectivity index (χ2n) is 2.46. The van der Waals surface area contributed by atoms with Gasteiger partial charge in [-0.1, -0.05) is 36.6 Å². The lowest BCUT2D eigenvalue weighted by atomic mass is 9.70. The van der Waals surface area contributed by atoms with Gasteiger partial charge in [0.1, 0.15) is 0 Å². The molecule has 0 unspecified atom stereocenters. The zero-order valence-corrected chi connectivity index (χ0v) is 6.67. The maximum absolute atomic E-state index is 8.49. The first kappa shape index (κ1) is 7.88. The molecule has 0 atom stereocenters. The standard InChI is InChI=1S/C9H10BN/c1-10-9-5-3-2-4-8(9)6-7-11/h2-5,10H,6H2,1H3. The minimum atomic E-state index is 0.532. The molecule has 1 aromatic rings. The fraction of sp³-hybridized carbons (Fsp3) is 0.222. The molecule has 0 fully saturated rings. The summed E-state index contributed by atoms with van der Waals surface area (Å²) in [6, 6.07) is 10.2. The number of benzene rings is 1. The highest BCUT2D eigenvalue weighted by atomic mass is 14.2. The SMILES string of the molecule is CBc1ccccc1CC#N. The van der Waals surface area contributed by atoms with Crippen molar-refractivity contribution in [2.24, 2.45) is 0 Å². The molecule has 0 spiro atoms. The fourth-order valence-electron chi connectivity index (χ4n) is 1.16. The molecule has 0 aliphatic heterocycles. The van der Waals surface area contributed by atoms with Gasteiger partial charge in [-0.05, 0) is 5.56 Å². The molecular formula is C9H10BN. The van der Waals surface area contributed by atoms with Gasteiger partial charge < -0.3 is 0 Å². The predicted molar refractivity (Wildman–Crippen MR) is 48.4 cm³/mol. The predicted octanol–water partition coefficient (Wildman–Crippen LogP) is 0.863. The Morgan fingerprint density at radius 3 is 2.82 bits per heavy atom. The third-order valence-electron chi connectivity index (χ3n) is 1.77. The molecule has 11 heavy (non-hydrogen) atoms. The van der Waals surface area contributed by atoms with Gasteiger partial charge in [0.15, 0.2) is 7.28 Å². The van der Waals surface area contributed by atoms with Crippen molar-refractivity contribution in [3.05, 3.63) is 29.8 Å². The molecular weight excluding hydrogens is 133 g/mol. The van der Waals surface area contributed by atoms with Crippen molar-refractivity contribution in [3.63, 3.8) is 0 Å². The van der Waals surface area contributed by atoms with Gasteiger partial charge in [0.25, 0.3) is 0 Å². The van der Waals surface area contributed by atoms with Crippen LogP contribution in [0.2, 0.25) is 6.82 Å². The molecule has 0 saturated heterocycles. The van der Waals surface area contributed by atoms with E-state index < -0.39 is 0 Å². The van der Waals surface area contributed by atoms with E-state index in [1.54, 1.807) is 0 Å². The Kier molecular flexibility index (Phi) is 2.74. The summed E-state index contributed by atoms with van der Waals surface area (Å²) in [6.07, 6.45) is 0.532. The highest BCUT2D eigenvalue weighted by molar-refractivity contribution is 6.52. The van der Waals surface area contributed by atoms with Crippen LogP contribution < -0.4 is 5.46 Å². The molecule has 0 bridgehead atoms. The Bertz CT molecular complexity index is 275. The number of hydrogen-bond acceptors (Lipinski definition) is 1. The van der Waals surface area contributed by atoms with E-state index >= 15 is 0 Å². The molecule has 0 heterocycles. The van der Waals surface area contributed by atoms with E-state index in [4.69, 9.17) is 5.26 Å². The Morgan fingerprint density at radius 2 is 2.18 bits per heavy atom. The van der Waals surface area contributed by atoms with E-state index in [0.717, 1.165) is 12.8 Å². The molecule has 0 N–H and O–H groups in total. The van der Waals surface area contributed by atoms with Crippen LogP contribution in [-0.2, 0) is 6.42 Å². The third-order valence-corrected chi connectivity index (χ3v) is 1.77. The lowest BCUT2D eigenvalue weighted by Crippen LogP contribution is -2.15. The van der Waals surface area contributed by atoms with Crippen LogP contribution >= 0.6 is 0 Å². The first-order valence-corrected chi connectivity index (χ1v) is 3.82. The smallest absolute Gasteiger partial charge is 0.154 e. The van der Waals surface area contributed by atoms with Crippen LogP contribution in [0.1, 0.15) is 5.56 Å². The summed E-state index contributed by atoms with van der Waals surface area (Å²) in [5, 5.41) is 8.49. The molecule has 1 rings (SSSR count). The van der Waals surface area contributed by atoms with Crippen molar-refractivity contribution in [2.75, 3.05) is 0 Å². The van der Waals surface area contributed by atoms with Gasteiger partial charge in [-0.2, -0.15) is 5.26 Å². The summed E-state index contributed by atoms with van der Waals surface area (Å²) >= 11 is 0. The van der Waals surface area contributed by atoms with E-state index in [9.17, 15) is 0 Å². The van der Waals surface area contributed by atoms with Gasteiger partial charge >= 0.3 is 0 Å². The monoisotopic (exact) mass is 143 g/mol. The maximum Gasteiger partial charge on any atom is 0.154 e. The number of nitrogens with zero attached hydrogens (tertiary/aromatic N) is 1. The summed E-state index contributed by atoms with van der Waals surface area (Å²) in [5.41, 5.74) is 2.45. The molecule has 0 saturated carbocycles. The van der Waals surface area contributed by atoms with Gasteiger partial charge in [-0.15, -0.1) is 0 Å². The van der Waals surface area contributed by atoms with Crippen molar-refractivity contribution in [1.82, 2.24) is 0 Å². The van der Waals surface area contributed by atoms with Crippen LogP contribution in [0.4, 0.5) is 0 Å². The molecule has 0 amide bonds. The van der Waals surface area contributed by atoms with Gasteiger partial charge in [-0.25, -0.2) is 0 Å². The van der Waals surface area contributed by atoms with Gasteiger partial charge in [0, 0.05) is 0 Å². The minimum absolute atomic E-state index is 0.532. The largest absolute Gasteiger partial charge is 0.198 e. The summed E-state index contributed by atoms with van der Waals surface area (Å²) in [4.78, 5) is 0. The van der Waals surface area contributed by atoms with Crippen molar-refractivity contribution < 1.29 is 0 Å². The number of rotatable bonds is 2. The Labute approximate surface area is 67.9 Å². The average molecular weight is 143 g/mol. The Balaban J connectivity index is 2.94. The number of nitriles is 1. The number of hydrogen-bond donors (Lipinski definition) is 0. The van der Waals surface area contributed by atoms with Crippen molar-refractivity contribution in [3.8, 4) is 6.07 Å². The summed E-state index contributed by atoms with van der Waals surface area (Å²) in [5.74, 6) is 0. The molecule has 0 radical (unpaired) electrons. The van der Waals surface area contributed by atoms with Crippen molar-refractivity contribution in [1.29, 1.82) is 5.26 Å². The van der Waals surface area contributed by atoms with Gasteiger partial charge in [0.2, 0.25) is 0 Å². The zero-order chi connectivity index (χ0) is 8.10. The van der Waals surface area contributed by atoms with Crippen LogP contribution in [0, 0.1) is 11.3 Å². The second kappa shape index (κ2) is 3.83. The van der Waals surface area contributed by atoms with Gasteiger partial charge in [0.05, 0.1) is 12.5 Å². The molecule has 0 aliphatic rings. The average Bonchev–Trinajstić information content (AvgIpc) is 2.06. The third kappa shape index (κ3) is 1.85. The topological polar surface area (TPSA) is 23.8 Å². The Morgan fingerprint density at radius 1 is 1.45 bits per heavy atom. The van der Waals surface area contributed by atoms with E-state index in [1.165, 1.54) is 5.46 Å². The maximum atomic E-state index is 8.49. The van der Waals surface area contributed by atoms with Crippen LogP contribution in [0.5, 0.6) is 0 Å². The highest BCUT2D eigenvalue weighted by Gasteiger charge is 1.97. The van der Waals surface area contributed by atoms with E-state index in [0.29, 0.717) is 6.42 Å². The van der Waals surface area contributed by atoms with Crippen LogP contribution in [0.15, 0.2) is 24.3 Å². The van der Waals surface area contributed by atoms with E-state index in [-0.39, 0.29) is 0 Å². The van der Waals surface area contributed by atoms with E-state index in [1.807, 2.05) is 18.2 Å². The molecule has 54 valence electrons. The van der Waals surface area contributed by atoms with E-state index in [2.05, 4.69) is 19.0 Å². The first-order chi connectivity index (χ1) is 5.38. The zero-order valence-electron chi connectivity index (χ0n) is 6.67. The van der Waals surface area contributed by atoms with Crippen LogP contribution in [-0.4, -0.2) is 7.28 Å². The fourth-order valence-corrected chi connectivity index (χ4v) is 1.16. The van der Waals surface area contributed by atoms with Gasteiger partial charge in [-0.3, -0.25) is 0 Å². The first-order valence-electron chi connectivity index (χ1n) is 3.82. The molecule has 1 nitrogen and oxygen atoms in total. The van der Waals surface area contributed by atoms with Crippen LogP contribution in [0.3, 0.4) is 0 Å². The summed E-state index contributed by atoms with van der Waals surface area (Å²) < 4.78 is 0. The minimum Gasteiger partial charge on any atom is -0.198 e. The second-order valence-corrected chi connectivity index (χ2v) is 2.46. The quantitative estimate of drug-likeness (QED) is 0.563. The van der Waals surface area contributed by atoms with Crippen molar-refractivity contribution in [2.45, 2.75) is 13.2 Å². The normalized spacial score (nSPS) is 8.73. The lowest BCUT2D eigenvalue weighted by Gasteiger charge is -2.00.